The van der Waals surface area contributed by atoms with E-state index >= 15 is 0 Å². The van der Waals surface area contributed by atoms with Gasteiger partial charge in [-0.25, -0.2) is 0 Å². The highest BCUT2D eigenvalue weighted by atomic mass is 32.2. The van der Waals surface area contributed by atoms with E-state index in [-0.39, 0.29) is 11.2 Å². The first kappa shape index (κ1) is 19.2. The van der Waals surface area contributed by atoms with Crippen molar-refractivity contribution in [2.24, 2.45) is 5.92 Å². The minimum Gasteiger partial charge on any atom is -0.352 e. The number of aryl methyl sites for hydroxylation is 1. The second-order valence-corrected chi connectivity index (χ2v) is 9.57. The van der Waals surface area contributed by atoms with E-state index in [4.69, 9.17) is 0 Å². The van der Waals surface area contributed by atoms with Gasteiger partial charge in [-0.1, -0.05) is 55.0 Å². The summed E-state index contributed by atoms with van der Waals surface area (Å²) in [7, 11) is 0. The third-order valence-electron chi connectivity index (χ3n) is 4.76. The fourth-order valence-electron chi connectivity index (χ4n) is 3.19. The fourth-order valence-corrected chi connectivity index (χ4v) is 5.12. The lowest BCUT2D eigenvalue weighted by Gasteiger charge is -2.30. The second-order valence-electron chi connectivity index (χ2n) is 7.00. The third kappa shape index (κ3) is 5.20. The van der Waals surface area contributed by atoms with Crippen LogP contribution in [0.1, 0.15) is 45.1 Å². The molecule has 1 amide bonds. The molecule has 0 aliphatic heterocycles. The number of benzene rings is 1. The molecule has 3 rings (SSSR count). The van der Waals surface area contributed by atoms with Gasteiger partial charge in [-0.3, -0.25) is 4.79 Å². The Hall–Kier alpha value is -1.60. The van der Waals surface area contributed by atoms with Crippen molar-refractivity contribution in [3.63, 3.8) is 0 Å². The molecule has 1 saturated carbocycles. The van der Waals surface area contributed by atoms with Gasteiger partial charge in [0.2, 0.25) is 11.0 Å². The lowest BCUT2D eigenvalue weighted by molar-refractivity contribution is -0.121. The van der Waals surface area contributed by atoms with E-state index < -0.39 is 0 Å². The lowest BCUT2D eigenvalue weighted by Crippen LogP contribution is -2.44. The highest BCUT2D eigenvalue weighted by Crippen LogP contribution is 2.31. The summed E-state index contributed by atoms with van der Waals surface area (Å²) < 4.78 is 0.805. The first-order valence-corrected chi connectivity index (χ1v) is 10.8. The van der Waals surface area contributed by atoms with E-state index in [0.717, 1.165) is 21.6 Å². The number of amides is 1. The number of aromatic nitrogens is 2. The molecule has 1 aromatic heterocycles. The highest BCUT2D eigenvalue weighted by Gasteiger charge is 2.25. The van der Waals surface area contributed by atoms with Crippen LogP contribution in [0.5, 0.6) is 0 Å². The van der Waals surface area contributed by atoms with Crippen molar-refractivity contribution in [1.82, 2.24) is 15.5 Å². The number of carbonyl (C=O) groups excluding carboxylic acids is 1. The summed E-state index contributed by atoms with van der Waals surface area (Å²) >= 11 is 2.94. The fraction of sp³-hybridized carbons (Fsp3) is 0.526. The minimum atomic E-state index is -0.177. The van der Waals surface area contributed by atoms with Gasteiger partial charge in [-0.15, -0.1) is 10.2 Å². The van der Waals surface area contributed by atoms with Gasteiger partial charge in [0.1, 0.15) is 0 Å². The summed E-state index contributed by atoms with van der Waals surface area (Å²) in [6.45, 7) is 6.22. The molecular weight excluding hydrogens is 364 g/mol. The number of nitrogens with zero attached hydrogens (tertiary/aromatic N) is 2. The maximum Gasteiger partial charge on any atom is 0.233 e. The van der Waals surface area contributed by atoms with E-state index in [9.17, 15) is 4.79 Å². The predicted octanol–water partition coefficient (Wildman–Crippen LogP) is 4.77. The first-order valence-electron chi connectivity index (χ1n) is 9.15. The third-order valence-corrected chi connectivity index (χ3v) is 6.78. The molecule has 0 saturated heterocycles. The summed E-state index contributed by atoms with van der Waals surface area (Å²) in [4.78, 5) is 12.5. The van der Waals surface area contributed by atoms with Gasteiger partial charge in [0.25, 0.3) is 0 Å². The Morgan fingerprint density at radius 1 is 1.31 bits per heavy atom. The lowest BCUT2D eigenvalue weighted by atomic mass is 9.86. The summed E-state index contributed by atoms with van der Waals surface area (Å²) in [5.74, 6) is 0.661. The van der Waals surface area contributed by atoms with Gasteiger partial charge in [-0.2, -0.15) is 0 Å². The normalized spacial score (nSPS) is 21.2. The summed E-state index contributed by atoms with van der Waals surface area (Å²) in [6.07, 6.45) is 4.78. The highest BCUT2D eigenvalue weighted by molar-refractivity contribution is 8.02. The number of hydrogen-bond acceptors (Lipinski definition) is 6. The Bertz CT molecular complexity index is 749. The number of hydrogen-bond donors (Lipinski definition) is 2. The number of nitrogens with one attached hydrogen (secondary N) is 2. The van der Waals surface area contributed by atoms with E-state index in [0.29, 0.717) is 12.0 Å². The summed E-state index contributed by atoms with van der Waals surface area (Å²) in [5.41, 5.74) is 2.19. The Balaban J connectivity index is 1.53. The van der Waals surface area contributed by atoms with Gasteiger partial charge in [-0.05, 0) is 50.3 Å². The molecule has 2 aromatic rings. The van der Waals surface area contributed by atoms with Crippen LogP contribution < -0.4 is 10.6 Å². The maximum absolute atomic E-state index is 12.5. The number of carbonyl (C=O) groups is 1. The molecule has 26 heavy (non-hydrogen) atoms. The average molecular weight is 391 g/mol. The number of thioether (sulfide) groups is 1. The monoisotopic (exact) mass is 390 g/mol. The van der Waals surface area contributed by atoms with E-state index in [1.807, 2.05) is 19.1 Å². The van der Waals surface area contributed by atoms with Gasteiger partial charge < -0.3 is 10.6 Å². The van der Waals surface area contributed by atoms with E-state index in [2.05, 4.69) is 46.8 Å². The van der Waals surface area contributed by atoms with Crippen molar-refractivity contribution in [3.8, 4) is 0 Å². The molecule has 0 radical (unpaired) electrons. The Morgan fingerprint density at radius 3 is 2.88 bits per heavy atom. The Labute approximate surface area is 163 Å². The molecule has 0 unspecified atom stereocenters. The standard InChI is InChI=1S/C19H26N4OS2/c1-12-7-6-9-15(11-12)20-18-22-23-19(26-18)25-14(3)17(24)21-16-10-5-4-8-13(16)2/h6-7,9,11,13-14,16H,4-5,8,10H2,1-3H3,(H,20,22)(H,21,24)/t13-,14-,16-/m0/s1. The largest absolute Gasteiger partial charge is 0.352 e. The quantitative estimate of drug-likeness (QED) is 0.696. The predicted molar refractivity (Wildman–Crippen MR) is 109 cm³/mol. The molecule has 2 N–H and O–H groups in total. The van der Waals surface area contributed by atoms with Crippen molar-refractivity contribution in [2.75, 3.05) is 5.32 Å². The molecule has 5 nitrogen and oxygen atoms in total. The zero-order chi connectivity index (χ0) is 18.5. The zero-order valence-electron chi connectivity index (χ0n) is 15.5. The summed E-state index contributed by atoms with van der Waals surface area (Å²) in [5, 5.41) is 15.5. The molecule has 7 heteroatoms. The zero-order valence-corrected chi connectivity index (χ0v) is 17.1. The maximum atomic E-state index is 12.5. The topological polar surface area (TPSA) is 66.9 Å². The van der Waals surface area contributed by atoms with Gasteiger partial charge in [0.15, 0.2) is 4.34 Å². The van der Waals surface area contributed by atoms with Crippen LogP contribution in [0, 0.1) is 12.8 Å². The molecule has 1 aliphatic carbocycles. The van der Waals surface area contributed by atoms with Gasteiger partial charge in [0.05, 0.1) is 5.25 Å². The van der Waals surface area contributed by atoms with E-state index in [1.165, 1.54) is 47.9 Å². The summed E-state index contributed by atoms with van der Waals surface area (Å²) in [6, 6.07) is 8.44. The molecule has 3 atom stereocenters. The minimum absolute atomic E-state index is 0.0946. The molecule has 1 aromatic carbocycles. The molecule has 1 fully saturated rings. The van der Waals surface area contributed by atoms with Crippen LogP contribution in [0.15, 0.2) is 28.6 Å². The molecule has 1 aliphatic rings. The Kier molecular flexibility index (Phi) is 6.53. The second kappa shape index (κ2) is 8.86. The van der Waals surface area contributed by atoms with Crippen LogP contribution in [0.4, 0.5) is 10.8 Å². The molecular formula is C19H26N4OS2. The van der Waals surface area contributed by atoms with Crippen LogP contribution in [0.2, 0.25) is 0 Å². The first-order chi connectivity index (χ1) is 12.5. The molecule has 140 valence electrons. The van der Waals surface area contributed by atoms with Gasteiger partial charge >= 0.3 is 0 Å². The van der Waals surface area contributed by atoms with Crippen molar-refractivity contribution in [1.29, 1.82) is 0 Å². The van der Waals surface area contributed by atoms with Crippen LogP contribution in [-0.2, 0) is 4.79 Å². The smallest absolute Gasteiger partial charge is 0.233 e. The van der Waals surface area contributed by atoms with E-state index in [1.54, 1.807) is 0 Å². The van der Waals surface area contributed by atoms with Crippen LogP contribution >= 0.6 is 23.1 Å². The molecule has 0 spiro atoms. The van der Waals surface area contributed by atoms with Crippen molar-refractivity contribution in [2.45, 2.75) is 62.1 Å². The van der Waals surface area contributed by atoms with Crippen molar-refractivity contribution < 1.29 is 4.79 Å². The molecule has 0 bridgehead atoms. The van der Waals surface area contributed by atoms with Crippen LogP contribution in [0.3, 0.4) is 0 Å². The Morgan fingerprint density at radius 2 is 2.12 bits per heavy atom. The van der Waals surface area contributed by atoms with Crippen LogP contribution in [-0.4, -0.2) is 27.4 Å². The SMILES string of the molecule is Cc1cccc(Nc2nnc(S[C@@H](C)C(=O)N[C@H]3CCCC[C@@H]3C)s2)c1. The van der Waals surface area contributed by atoms with Crippen LogP contribution in [0.25, 0.3) is 0 Å². The average Bonchev–Trinajstić information content (AvgIpc) is 3.03. The van der Waals surface area contributed by atoms with Gasteiger partial charge in [0, 0.05) is 11.7 Å². The molecule has 1 heterocycles. The van der Waals surface area contributed by atoms with Crippen molar-refractivity contribution >= 4 is 39.8 Å². The number of anilines is 2. The van der Waals surface area contributed by atoms with Crippen molar-refractivity contribution in [3.05, 3.63) is 29.8 Å². The number of rotatable bonds is 6.